The van der Waals surface area contributed by atoms with Gasteiger partial charge in [-0.25, -0.2) is 0 Å². The molecule has 0 heterocycles. The van der Waals surface area contributed by atoms with Gasteiger partial charge in [-0.15, -0.1) is 11.6 Å². The zero-order valence-corrected chi connectivity index (χ0v) is 10.9. The molecule has 0 spiro atoms. The minimum Gasteiger partial charge on any atom is -0.326 e. The van der Waals surface area contributed by atoms with Crippen LogP contribution < -0.4 is 5.32 Å². The molecule has 1 rings (SSSR count). The van der Waals surface area contributed by atoms with Crippen molar-refractivity contribution < 1.29 is 4.79 Å². The van der Waals surface area contributed by atoms with Crippen LogP contribution in [0.1, 0.15) is 12.0 Å². The Balaban J connectivity index is 2.61. The van der Waals surface area contributed by atoms with E-state index in [4.69, 9.17) is 11.6 Å². The Bertz CT molecular complexity index is 405. The van der Waals surface area contributed by atoms with Gasteiger partial charge in [0.25, 0.3) is 0 Å². The molecule has 0 bridgehead atoms. The lowest BCUT2D eigenvalue weighted by Crippen LogP contribution is -2.11. The molecule has 1 amide bonds. The van der Waals surface area contributed by atoms with Crippen molar-refractivity contribution in [3.63, 3.8) is 0 Å². The number of alkyl halides is 2. The van der Waals surface area contributed by atoms with E-state index >= 15 is 0 Å². The van der Waals surface area contributed by atoms with Crippen molar-refractivity contribution in [2.75, 3.05) is 16.5 Å². The molecule has 1 aromatic carbocycles. The normalized spacial score (nSPS) is 9.12. The van der Waals surface area contributed by atoms with Gasteiger partial charge in [-0.3, -0.25) is 4.79 Å². The van der Waals surface area contributed by atoms with Crippen LogP contribution in [0.4, 0.5) is 5.69 Å². The van der Waals surface area contributed by atoms with Gasteiger partial charge >= 0.3 is 0 Å². The topological polar surface area (TPSA) is 29.1 Å². The van der Waals surface area contributed by atoms with E-state index in [9.17, 15) is 4.79 Å². The fourth-order valence-corrected chi connectivity index (χ4v) is 1.39. The van der Waals surface area contributed by atoms with Gasteiger partial charge in [-0.1, -0.05) is 27.8 Å². The van der Waals surface area contributed by atoms with Crippen LogP contribution in [0.25, 0.3) is 0 Å². The third kappa shape index (κ3) is 4.69. The lowest BCUT2D eigenvalue weighted by atomic mass is 10.2. The summed E-state index contributed by atoms with van der Waals surface area (Å²) in [7, 11) is 0. The van der Waals surface area contributed by atoms with Crippen molar-refractivity contribution in [3.8, 4) is 11.8 Å². The van der Waals surface area contributed by atoms with E-state index in [1.165, 1.54) is 0 Å². The zero-order valence-electron chi connectivity index (χ0n) is 8.59. The van der Waals surface area contributed by atoms with Crippen LogP contribution in [-0.4, -0.2) is 17.1 Å². The van der Waals surface area contributed by atoms with E-state index in [1.54, 1.807) is 0 Å². The van der Waals surface area contributed by atoms with Crippen molar-refractivity contribution in [1.29, 1.82) is 0 Å². The van der Waals surface area contributed by atoms with Crippen LogP contribution in [0.5, 0.6) is 0 Å². The second-order valence-corrected chi connectivity index (χ2v) is 3.94. The number of hydrogen-bond donors (Lipinski definition) is 1. The maximum absolute atomic E-state index is 11.2. The third-order valence-electron chi connectivity index (χ3n) is 1.79. The lowest BCUT2D eigenvalue weighted by molar-refractivity contribution is -0.115. The first kappa shape index (κ1) is 13.1. The summed E-state index contributed by atoms with van der Waals surface area (Å²) in [6, 6.07) is 7.38. The highest BCUT2D eigenvalue weighted by atomic mass is 79.9. The Morgan fingerprint density at radius 3 is 2.62 bits per heavy atom. The standard InChI is InChI=1S/C12H11BrClNO/c13-8-1-2-10-3-5-11(6-4-10)15-12(16)7-9-14/h3-6H,7-9H2,(H,15,16). The van der Waals surface area contributed by atoms with Crippen molar-refractivity contribution in [2.24, 2.45) is 0 Å². The van der Waals surface area contributed by atoms with Gasteiger partial charge < -0.3 is 5.32 Å². The average Bonchev–Trinajstić information content (AvgIpc) is 2.28. The van der Waals surface area contributed by atoms with Crippen molar-refractivity contribution in [3.05, 3.63) is 29.8 Å². The number of benzene rings is 1. The maximum atomic E-state index is 11.2. The summed E-state index contributed by atoms with van der Waals surface area (Å²) < 4.78 is 0. The van der Waals surface area contributed by atoms with E-state index < -0.39 is 0 Å². The summed E-state index contributed by atoms with van der Waals surface area (Å²) in [5.41, 5.74) is 1.69. The summed E-state index contributed by atoms with van der Waals surface area (Å²) in [6.45, 7) is 0. The number of carbonyl (C=O) groups excluding carboxylic acids is 1. The SMILES string of the molecule is O=C(CCCl)Nc1ccc(C#CCBr)cc1. The molecule has 0 saturated carbocycles. The van der Waals surface area contributed by atoms with Crippen LogP contribution in [0, 0.1) is 11.8 Å². The first-order valence-corrected chi connectivity index (χ1v) is 6.42. The summed E-state index contributed by atoms with van der Waals surface area (Å²) in [6.07, 6.45) is 0.326. The fourth-order valence-electron chi connectivity index (χ4n) is 1.08. The van der Waals surface area contributed by atoms with Gasteiger partial charge in [0.1, 0.15) is 0 Å². The number of carbonyl (C=O) groups is 1. The average molecular weight is 301 g/mol. The van der Waals surface area contributed by atoms with Gasteiger partial charge in [0.15, 0.2) is 0 Å². The van der Waals surface area contributed by atoms with Crippen LogP contribution >= 0.6 is 27.5 Å². The Hall–Kier alpha value is -0.980. The van der Waals surface area contributed by atoms with Gasteiger partial charge in [0.2, 0.25) is 5.91 Å². The Labute approximate surface area is 109 Å². The number of hydrogen-bond acceptors (Lipinski definition) is 1. The molecule has 0 aliphatic heterocycles. The number of amides is 1. The van der Waals surface area contributed by atoms with Crippen molar-refractivity contribution in [2.45, 2.75) is 6.42 Å². The molecule has 0 fully saturated rings. The molecule has 0 saturated heterocycles. The molecule has 1 aromatic rings. The molecule has 0 aliphatic carbocycles. The predicted octanol–water partition coefficient (Wildman–Crippen LogP) is 3.00. The van der Waals surface area contributed by atoms with E-state index in [-0.39, 0.29) is 5.91 Å². The highest BCUT2D eigenvalue weighted by Crippen LogP contribution is 2.09. The summed E-state index contributed by atoms with van der Waals surface area (Å²) >= 11 is 8.69. The molecule has 84 valence electrons. The number of nitrogens with one attached hydrogen (secondary N) is 1. The molecule has 16 heavy (non-hydrogen) atoms. The summed E-state index contributed by atoms with van der Waals surface area (Å²) in [5, 5.41) is 3.40. The number of halogens is 2. The van der Waals surface area contributed by atoms with E-state index in [2.05, 4.69) is 33.1 Å². The highest BCUT2D eigenvalue weighted by Gasteiger charge is 2.00. The second-order valence-electron chi connectivity index (χ2n) is 3.00. The molecule has 4 heteroatoms. The molecule has 1 N–H and O–H groups in total. The molecule has 2 nitrogen and oxygen atoms in total. The molecular formula is C12H11BrClNO. The van der Waals surface area contributed by atoms with Crippen LogP contribution in [-0.2, 0) is 4.79 Å². The van der Waals surface area contributed by atoms with Gasteiger partial charge in [-0.05, 0) is 24.3 Å². The molecule has 0 radical (unpaired) electrons. The first-order valence-electron chi connectivity index (χ1n) is 4.77. The second kappa shape index (κ2) is 7.32. The fraction of sp³-hybridized carbons (Fsp3) is 0.250. The maximum Gasteiger partial charge on any atom is 0.225 e. The van der Waals surface area contributed by atoms with Crippen molar-refractivity contribution >= 4 is 39.1 Å². The zero-order chi connectivity index (χ0) is 11.8. The molecule has 0 unspecified atom stereocenters. The van der Waals surface area contributed by atoms with Crippen LogP contribution in [0.2, 0.25) is 0 Å². The molecular weight excluding hydrogens is 289 g/mol. The summed E-state index contributed by atoms with van der Waals surface area (Å²) in [5.74, 6) is 6.14. The quantitative estimate of drug-likeness (QED) is 0.675. The van der Waals surface area contributed by atoms with Crippen LogP contribution in [0.3, 0.4) is 0 Å². The monoisotopic (exact) mass is 299 g/mol. The van der Waals surface area contributed by atoms with Gasteiger partial charge in [-0.2, -0.15) is 0 Å². The number of rotatable bonds is 3. The van der Waals surface area contributed by atoms with Crippen LogP contribution in [0.15, 0.2) is 24.3 Å². The largest absolute Gasteiger partial charge is 0.326 e. The lowest BCUT2D eigenvalue weighted by Gasteiger charge is -2.03. The van der Waals surface area contributed by atoms with E-state index in [0.29, 0.717) is 17.6 Å². The van der Waals surface area contributed by atoms with Gasteiger partial charge in [0, 0.05) is 23.6 Å². The summed E-state index contributed by atoms with van der Waals surface area (Å²) in [4.78, 5) is 11.2. The van der Waals surface area contributed by atoms with E-state index in [0.717, 1.165) is 11.3 Å². The molecule has 0 atom stereocenters. The Morgan fingerprint density at radius 2 is 2.06 bits per heavy atom. The minimum atomic E-state index is -0.0747. The Kier molecular flexibility index (Phi) is 5.99. The van der Waals surface area contributed by atoms with Crippen molar-refractivity contribution in [1.82, 2.24) is 0 Å². The third-order valence-corrected chi connectivity index (χ3v) is 2.26. The predicted molar refractivity (Wildman–Crippen MR) is 71.1 cm³/mol. The smallest absolute Gasteiger partial charge is 0.225 e. The van der Waals surface area contributed by atoms with Gasteiger partial charge in [0.05, 0.1) is 5.33 Å². The molecule has 0 aromatic heterocycles. The van der Waals surface area contributed by atoms with E-state index in [1.807, 2.05) is 24.3 Å². The highest BCUT2D eigenvalue weighted by molar-refractivity contribution is 9.09. The molecule has 0 aliphatic rings. The Morgan fingerprint density at radius 1 is 1.38 bits per heavy atom. The number of anilines is 1. The first-order chi connectivity index (χ1) is 7.76. The minimum absolute atomic E-state index is 0.0747.